The fourth-order valence-corrected chi connectivity index (χ4v) is 4.33. The van der Waals surface area contributed by atoms with Crippen molar-refractivity contribution in [3.63, 3.8) is 0 Å². The lowest BCUT2D eigenvalue weighted by Gasteiger charge is -2.41. The number of benzene rings is 2. The molecular formula is C21H24. The molecule has 0 aromatic heterocycles. The van der Waals surface area contributed by atoms with E-state index in [0.717, 1.165) is 6.42 Å². The van der Waals surface area contributed by atoms with Crippen molar-refractivity contribution in [1.82, 2.24) is 0 Å². The van der Waals surface area contributed by atoms with Gasteiger partial charge in [-0.05, 0) is 58.6 Å². The summed E-state index contributed by atoms with van der Waals surface area (Å²) >= 11 is 0. The third kappa shape index (κ3) is 1.88. The molecule has 0 aliphatic heterocycles. The molecule has 0 heteroatoms. The number of hydrogen-bond donors (Lipinski definition) is 0. The van der Waals surface area contributed by atoms with Gasteiger partial charge in [0.2, 0.25) is 0 Å². The zero-order valence-corrected chi connectivity index (χ0v) is 13.3. The van der Waals surface area contributed by atoms with Crippen LogP contribution in [-0.4, -0.2) is 0 Å². The molecule has 0 fully saturated rings. The van der Waals surface area contributed by atoms with Crippen molar-refractivity contribution in [3.8, 4) is 0 Å². The summed E-state index contributed by atoms with van der Waals surface area (Å²) < 4.78 is 0. The monoisotopic (exact) mass is 276 g/mol. The van der Waals surface area contributed by atoms with Gasteiger partial charge in [-0.25, -0.2) is 0 Å². The average Bonchev–Trinajstić information content (AvgIpc) is 2.54. The van der Waals surface area contributed by atoms with Crippen molar-refractivity contribution in [2.24, 2.45) is 0 Å². The van der Waals surface area contributed by atoms with E-state index in [4.69, 9.17) is 0 Å². The van der Waals surface area contributed by atoms with Crippen LogP contribution in [0.5, 0.6) is 0 Å². The summed E-state index contributed by atoms with van der Waals surface area (Å²) in [7, 11) is 0. The predicted octanol–water partition coefficient (Wildman–Crippen LogP) is 5.74. The molecule has 5 rings (SSSR count). The quantitative estimate of drug-likeness (QED) is 0.655. The lowest BCUT2D eigenvalue weighted by Crippen LogP contribution is -2.25. The molecule has 2 aromatic carbocycles. The molecule has 2 aromatic rings. The van der Waals surface area contributed by atoms with Crippen LogP contribution in [0.25, 0.3) is 0 Å². The first-order chi connectivity index (χ1) is 10.2. The summed E-state index contributed by atoms with van der Waals surface area (Å²) in [6.45, 7) is 6.85. The maximum Gasteiger partial charge on any atom is 0.00956 e. The van der Waals surface area contributed by atoms with Gasteiger partial charge in [0.25, 0.3) is 0 Å². The molecule has 0 saturated heterocycles. The lowest BCUT2D eigenvalue weighted by atomic mass is 9.63. The van der Waals surface area contributed by atoms with Crippen molar-refractivity contribution < 1.29 is 0 Å². The molecule has 2 unspecified atom stereocenters. The van der Waals surface area contributed by atoms with E-state index in [1.165, 1.54) is 24.0 Å². The van der Waals surface area contributed by atoms with Crippen molar-refractivity contribution in [3.05, 3.63) is 69.8 Å². The maximum atomic E-state index is 2.49. The molecule has 0 N–H and O–H groups in total. The van der Waals surface area contributed by atoms with Gasteiger partial charge < -0.3 is 0 Å². The van der Waals surface area contributed by atoms with Crippen molar-refractivity contribution in [2.45, 2.75) is 57.8 Å². The van der Waals surface area contributed by atoms with Crippen molar-refractivity contribution in [1.29, 1.82) is 0 Å². The zero-order valence-electron chi connectivity index (χ0n) is 13.3. The Balaban J connectivity index is 1.88. The Morgan fingerprint density at radius 3 is 2.10 bits per heavy atom. The predicted molar refractivity (Wildman–Crippen MR) is 89.3 cm³/mol. The van der Waals surface area contributed by atoms with Crippen LogP contribution in [0.1, 0.15) is 84.7 Å². The maximum absolute atomic E-state index is 2.49. The van der Waals surface area contributed by atoms with E-state index >= 15 is 0 Å². The minimum Gasteiger partial charge on any atom is -0.0613 e. The largest absolute Gasteiger partial charge is 0.0613 e. The van der Waals surface area contributed by atoms with E-state index < -0.39 is 0 Å². The average molecular weight is 276 g/mol. The molecule has 108 valence electrons. The minimum absolute atomic E-state index is 0.623. The fraction of sp³-hybridized carbons (Fsp3) is 0.429. The van der Waals surface area contributed by atoms with Gasteiger partial charge in [-0.3, -0.25) is 0 Å². The lowest BCUT2D eigenvalue weighted by molar-refractivity contribution is 0.518. The first kappa shape index (κ1) is 13.1. The van der Waals surface area contributed by atoms with Gasteiger partial charge in [0.1, 0.15) is 0 Å². The summed E-state index contributed by atoms with van der Waals surface area (Å²) in [6, 6.07) is 14.5. The molecule has 2 bridgehead atoms. The van der Waals surface area contributed by atoms with Gasteiger partial charge >= 0.3 is 0 Å². The van der Waals surface area contributed by atoms with Gasteiger partial charge in [0.05, 0.1) is 0 Å². The van der Waals surface area contributed by atoms with Crippen LogP contribution in [0.15, 0.2) is 36.4 Å². The van der Waals surface area contributed by atoms with Gasteiger partial charge in [0, 0.05) is 11.8 Å². The molecule has 0 spiro atoms. The third-order valence-corrected chi connectivity index (χ3v) is 5.58. The van der Waals surface area contributed by atoms with Gasteiger partial charge in [0.15, 0.2) is 0 Å². The second kappa shape index (κ2) is 4.73. The Bertz CT molecular complexity index is 693. The van der Waals surface area contributed by atoms with E-state index in [0.29, 0.717) is 17.8 Å². The summed E-state index contributed by atoms with van der Waals surface area (Å²) in [4.78, 5) is 0. The van der Waals surface area contributed by atoms with Gasteiger partial charge in [-0.2, -0.15) is 0 Å². The third-order valence-electron chi connectivity index (χ3n) is 5.58. The molecule has 0 radical (unpaired) electrons. The van der Waals surface area contributed by atoms with Crippen LogP contribution in [0.2, 0.25) is 0 Å². The van der Waals surface area contributed by atoms with Crippen molar-refractivity contribution in [2.75, 3.05) is 0 Å². The molecule has 2 atom stereocenters. The smallest absolute Gasteiger partial charge is 0.00956 e. The van der Waals surface area contributed by atoms with E-state index in [1.807, 2.05) is 0 Å². The highest BCUT2D eigenvalue weighted by molar-refractivity contribution is 5.56. The molecule has 21 heavy (non-hydrogen) atoms. The number of fused-ring (bicyclic) bond motifs is 1. The highest BCUT2D eigenvalue weighted by atomic mass is 14.4. The molecule has 0 saturated carbocycles. The van der Waals surface area contributed by atoms with Crippen LogP contribution in [0.3, 0.4) is 0 Å². The SMILES string of the molecule is CCc1ccc2c(c1)C1CCC2c2cc(C(C)C)ccc21. The van der Waals surface area contributed by atoms with Crippen LogP contribution >= 0.6 is 0 Å². The molecule has 0 heterocycles. The second-order valence-electron chi connectivity index (χ2n) is 7.04. The molecule has 0 nitrogen and oxygen atoms in total. The number of rotatable bonds is 2. The van der Waals surface area contributed by atoms with Crippen LogP contribution in [0, 0.1) is 0 Å². The molecule has 0 amide bonds. The topological polar surface area (TPSA) is 0 Å². The van der Waals surface area contributed by atoms with Gasteiger partial charge in [-0.15, -0.1) is 0 Å². The summed E-state index contributed by atoms with van der Waals surface area (Å²) in [5.74, 6) is 1.91. The Hall–Kier alpha value is -1.56. The highest BCUT2D eigenvalue weighted by Crippen LogP contribution is 2.53. The Labute approximate surface area is 128 Å². The molecule has 3 aliphatic carbocycles. The number of hydrogen-bond acceptors (Lipinski definition) is 0. The zero-order chi connectivity index (χ0) is 14.6. The second-order valence-corrected chi connectivity index (χ2v) is 7.04. The minimum atomic E-state index is 0.623. The van der Waals surface area contributed by atoms with Crippen LogP contribution in [-0.2, 0) is 6.42 Å². The fourth-order valence-electron chi connectivity index (χ4n) is 4.33. The first-order valence-electron chi connectivity index (χ1n) is 8.45. The molecule has 3 aliphatic rings. The molecular weight excluding hydrogens is 252 g/mol. The Kier molecular flexibility index (Phi) is 2.96. The summed E-state index contributed by atoms with van der Waals surface area (Å²) in [6.07, 6.45) is 3.81. The normalized spacial score (nSPS) is 22.3. The Morgan fingerprint density at radius 2 is 1.48 bits per heavy atom. The van der Waals surface area contributed by atoms with Crippen LogP contribution < -0.4 is 0 Å². The van der Waals surface area contributed by atoms with E-state index in [2.05, 4.69) is 57.2 Å². The first-order valence-corrected chi connectivity index (χ1v) is 8.45. The van der Waals surface area contributed by atoms with E-state index in [-0.39, 0.29) is 0 Å². The standard InChI is InChI=1S/C21H24/c1-4-14-5-7-16-19-10-9-18(20(16)11-14)17-8-6-15(13(2)3)12-21(17)19/h5-8,11-13,18-19H,4,9-10H2,1-3H3. The van der Waals surface area contributed by atoms with Crippen LogP contribution in [0.4, 0.5) is 0 Å². The van der Waals surface area contributed by atoms with Crippen molar-refractivity contribution >= 4 is 0 Å². The van der Waals surface area contributed by atoms with Gasteiger partial charge in [-0.1, -0.05) is 57.2 Å². The Morgan fingerprint density at radius 1 is 0.857 bits per heavy atom. The highest BCUT2D eigenvalue weighted by Gasteiger charge is 2.37. The van der Waals surface area contributed by atoms with E-state index in [9.17, 15) is 0 Å². The van der Waals surface area contributed by atoms with E-state index in [1.54, 1.807) is 22.3 Å². The summed E-state index contributed by atoms with van der Waals surface area (Å²) in [5, 5.41) is 0. The summed E-state index contributed by atoms with van der Waals surface area (Å²) in [5.41, 5.74) is 9.44. The number of aryl methyl sites for hydroxylation is 1.